The number of fused-ring (bicyclic) bond motifs is 1. The minimum absolute atomic E-state index is 0.115. The van der Waals surface area contributed by atoms with Crippen molar-refractivity contribution >= 4 is 22.9 Å². The predicted molar refractivity (Wildman–Crippen MR) is 115 cm³/mol. The molecule has 1 aromatic heterocycles. The van der Waals surface area contributed by atoms with Crippen molar-refractivity contribution in [1.82, 2.24) is 4.98 Å². The number of thiazole rings is 1. The van der Waals surface area contributed by atoms with Crippen molar-refractivity contribution in [1.29, 1.82) is 0 Å². The summed E-state index contributed by atoms with van der Waals surface area (Å²) in [6.07, 6.45) is 4.26. The molecular formula is C23H22N2O4S. The topological polar surface area (TPSA) is 69.7 Å². The van der Waals surface area contributed by atoms with Gasteiger partial charge >= 0.3 is 0 Å². The second-order valence-electron chi connectivity index (χ2n) is 7.58. The summed E-state index contributed by atoms with van der Waals surface area (Å²) in [4.78, 5) is 17.1. The van der Waals surface area contributed by atoms with Crippen LogP contribution < -0.4 is 19.5 Å². The van der Waals surface area contributed by atoms with Gasteiger partial charge in [0, 0.05) is 35.5 Å². The molecule has 2 aliphatic rings. The van der Waals surface area contributed by atoms with Crippen LogP contribution in [0.2, 0.25) is 0 Å². The summed E-state index contributed by atoms with van der Waals surface area (Å²) in [6.45, 7) is 0. The molecule has 1 aliphatic carbocycles. The minimum Gasteiger partial charge on any atom is -0.497 e. The van der Waals surface area contributed by atoms with E-state index in [1.54, 1.807) is 7.11 Å². The van der Waals surface area contributed by atoms with Gasteiger partial charge in [0.25, 0.3) is 5.79 Å². The molecule has 0 unspecified atom stereocenters. The molecule has 0 radical (unpaired) electrons. The van der Waals surface area contributed by atoms with Crippen molar-refractivity contribution < 1.29 is 19.0 Å². The summed E-state index contributed by atoms with van der Waals surface area (Å²) in [5.41, 5.74) is 2.45. The van der Waals surface area contributed by atoms with Crippen molar-refractivity contribution in [2.45, 2.75) is 37.9 Å². The Bertz CT molecular complexity index is 1070. The third-order valence-electron chi connectivity index (χ3n) is 5.42. The molecule has 0 bridgehead atoms. The number of amides is 1. The lowest BCUT2D eigenvalue weighted by molar-refractivity contribution is -0.115. The molecule has 1 N–H and O–H groups in total. The second kappa shape index (κ2) is 7.65. The standard InChI is InChI=1S/C23H22N2O4S/c1-27-18-7-4-15(5-8-18)22-25-17(14-30-22)13-21(26)24-16-6-9-19-20(12-16)29-23(28-19)10-2-3-11-23/h4-9,12,14H,2-3,10-11,13H2,1H3,(H,24,26). The molecule has 6 nitrogen and oxygen atoms in total. The summed E-state index contributed by atoms with van der Waals surface area (Å²) in [5, 5.41) is 5.74. The Morgan fingerprint density at radius 2 is 1.90 bits per heavy atom. The van der Waals surface area contributed by atoms with Crippen LogP contribution in [-0.2, 0) is 11.2 Å². The smallest absolute Gasteiger partial charge is 0.251 e. The molecule has 1 aliphatic heterocycles. The van der Waals surface area contributed by atoms with Crippen molar-refractivity contribution in [3.8, 4) is 27.8 Å². The molecule has 2 heterocycles. The Labute approximate surface area is 178 Å². The Balaban J connectivity index is 1.22. The first kappa shape index (κ1) is 18.9. The number of aromatic nitrogens is 1. The van der Waals surface area contributed by atoms with E-state index >= 15 is 0 Å². The van der Waals surface area contributed by atoms with E-state index in [9.17, 15) is 4.79 Å². The van der Waals surface area contributed by atoms with E-state index in [1.165, 1.54) is 11.3 Å². The fourth-order valence-electron chi connectivity index (χ4n) is 3.91. The van der Waals surface area contributed by atoms with Crippen LogP contribution in [0.4, 0.5) is 5.69 Å². The summed E-state index contributed by atoms with van der Waals surface area (Å²) >= 11 is 1.52. The number of benzene rings is 2. The number of carbonyl (C=O) groups is 1. The number of carbonyl (C=O) groups excluding carboxylic acids is 1. The fraction of sp³-hybridized carbons (Fsp3) is 0.304. The van der Waals surface area contributed by atoms with Gasteiger partial charge in [-0.25, -0.2) is 4.98 Å². The van der Waals surface area contributed by atoms with Crippen molar-refractivity contribution in [3.63, 3.8) is 0 Å². The molecule has 1 fully saturated rings. The zero-order valence-electron chi connectivity index (χ0n) is 16.6. The van der Waals surface area contributed by atoms with Crippen LogP contribution in [0.25, 0.3) is 10.6 Å². The van der Waals surface area contributed by atoms with E-state index in [-0.39, 0.29) is 12.3 Å². The average Bonchev–Trinajstić information content (AvgIpc) is 3.48. The lowest BCUT2D eigenvalue weighted by Gasteiger charge is -2.21. The fourth-order valence-corrected chi connectivity index (χ4v) is 4.74. The maximum atomic E-state index is 12.5. The summed E-state index contributed by atoms with van der Waals surface area (Å²) in [6, 6.07) is 13.3. The highest BCUT2D eigenvalue weighted by molar-refractivity contribution is 7.13. The lowest BCUT2D eigenvalue weighted by atomic mass is 10.2. The first-order valence-corrected chi connectivity index (χ1v) is 10.9. The Morgan fingerprint density at radius 3 is 2.67 bits per heavy atom. The molecule has 30 heavy (non-hydrogen) atoms. The Kier molecular flexibility index (Phi) is 4.83. The van der Waals surface area contributed by atoms with Crippen LogP contribution in [0.1, 0.15) is 31.4 Å². The van der Waals surface area contributed by atoms with Gasteiger partial charge in [-0.2, -0.15) is 0 Å². The van der Waals surface area contributed by atoms with Crippen LogP contribution >= 0.6 is 11.3 Å². The number of methoxy groups -OCH3 is 1. The number of ether oxygens (including phenoxy) is 3. The Morgan fingerprint density at radius 1 is 1.13 bits per heavy atom. The highest BCUT2D eigenvalue weighted by atomic mass is 32.1. The van der Waals surface area contributed by atoms with Gasteiger partial charge in [-0.05, 0) is 49.2 Å². The maximum absolute atomic E-state index is 12.5. The molecule has 0 atom stereocenters. The lowest BCUT2D eigenvalue weighted by Crippen LogP contribution is -2.34. The van der Waals surface area contributed by atoms with Crippen molar-refractivity contribution in [3.05, 3.63) is 53.5 Å². The van der Waals surface area contributed by atoms with Gasteiger partial charge < -0.3 is 19.5 Å². The highest BCUT2D eigenvalue weighted by Crippen LogP contribution is 2.47. The van der Waals surface area contributed by atoms with Crippen LogP contribution in [-0.4, -0.2) is 23.8 Å². The van der Waals surface area contributed by atoms with Crippen molar-refractivity contribution in [2.75, 3.05) is 12.4 Å². The minimum atomic E-state index is -0.497. The molecule has 1 amide bonds. The number of nitrogens with zero attached hydrogens (tertiary/aromatic N) is 1. The number of anilines is 1. The van der Waals surface area contributed by atoms with E-state index in [1.807, 2.05) is 47.8 Å². The van der Waals surface area contributed by atoms with Gasteiger partial charge in [0.15, 0.2) is 11.5 Å². The van der Waals surface area contributed by atoms with Gasteiger partial charge in [0.05, 0.1) is 19.2 Å². The predicted octanol–water partition coefficient (Wildman–Crippen LogP) is 5.04. The molecule has 5 rings (SSSR count). The first-order chi connectivity index (χ1) is 14.6. The summed E-state index contributed by atoms with van der Waals surface area (Å²) in [5.74, 6) is 1.64. The largest absolute Gasteiger partial charge is 0.497 e. The third kappa shape index (κ3) is 3.73. The number of hydrogen-bond donors (Lipinski definition) is 1. The maximum Gasteiger partial charge on any atom is 0.251 e. The normalized spacial score (nSPS) is 16.0. The van der Waals surface area contributed by atoms with Gasteiger partial charge in [-0.15, -0.1) is 11.3 Å². The zero-order valence-corrected chi connectivity index (χ0v) is 17.5. The first-order valence-electron chi connectivity index (χ1n) is 10.0. The van der Waals surface area contributed by atoms with E-state index < -0.39 is 5.79 Å². The molecule has 1 saturated carbocycles. The van der Waals surface area contributed by atoms with Crippen LogP contribution in [0, 0.1) is 0 Å². The van der Waals surface area contributed by atoms with E-state index in [0.717, 1.165) is 53.4 Å². The summed E-state index contributed by atoms with van der Waals surface area (Å²) in [7, 11) is 1.64. The van der Waals surface area contributed by atoms with E-state index in [2.05, 4.69) is 10.3 Å². The number of hydrogen-bond acceptors (Lipinski definition) is 6. The second-order valence-corrected chi connectivity index (χ2v) is 8.44. The van der Waals surface area contributed by atoms with Crippen LogP contribution in [0.5, 0.6) is 17.2 Å². The van der Waals surface area contributed by atoms with Gasteiger partial charge in [0.1, 0.15) is 10.8 Å². The van der Waals surface area contributed by atoms with E-state index in [4.69, 9.17) is 14.2 Å². The molecule has 0 saturated heterocycles. The number of nitrogens with one attached hydrogen (secondary N) is 1. The third-order valence-corrected chi connectivity index (χ3v) is 6.36. The molecule has 1 spiro atoms. The summed E-state index contributed by atoms with van der Waals surface area (Å²) < 4.78 is 17.3. The van der Waals surface area contributed by atoms with Gasteiger partial charge in [-0.1, -0.05) is 0 Å². The number of rotatable bonds is 5. The molecule has 2 aromatic carbocycles. The Hall–Kier alpha value is -3.06. The highest BCUT2D eigenvalue weighted by Gasteiger charge is 2.44. The average molecular weight is 423 g/mol. The molecule has 154 valence electrons. The zero-order chi connectivity index (χ0) is 20.6. The molecule has 3 aromatic rings. The van der Waals surface area contributed by atoms with E-state index in [0.29, 0.717) is 11.4 Å². The van der Waals surface area contributed by atoms with Crippen molar-refractivity contribution in [2.24, 2.45) is 0 Å². The SMILES string of the molecule is COc1ccc(-c2nc(CC(=O)Nc3ccc4c(c3)OC3(CCCC3)O4)cs2)cc1. The molecular weight excluding hydrogens is 400 g/mol. The quantitative estimate of drug-likeness (QED) is 0.624. The molecule has 7 heteroatoms. The van der Waals surface area contributed by atoms with Crippen LogP contribution in [0.3, 0.4) is 0 Å². The van der Waals surface area contributed by atoms with Crippen LogP contribution in [0.15, 0.2) is 47.8 Å². The van der Waals surface area contributed by atoms with Gasteiger partial charge in [-0.3, -0.25) is 4.79 Å². The monoisotopic (exact) mass is 422 g/mol. The van der Waals surface area contributed by atoms with Gasteiger partial charge in [0.2, 0.25) is 5.91 Å².